The predicted octanol–water partition coefficient (Wildman–Crippen LogP) is 3.37. The first-order valence-electron chi connectivity index (χ1n) is 5.03. The standard InChI is InChI=1S/C10H19BrO/c1-3-5-10(11)8-6-9(7-8)12-4-2/h8-10H,3-7H2,1-2H3. The van der Waals surface area contributed by atoms with Gasteiger partial charge in [0.25, 0.3) is 0 Å². The smallest absolute Gasteiger partial charge is 0.0581 e. The van der Waals surface area contributed by atoms with Crippen LogP contribution in [0.15, 0.2) is 0 Å². The van der Waals surface area contributed by atoms with Crippen molar-refractivity contribution in [3.05, 3.63) is 0 Å². The number of halogens is 1. The molecule has 0 spiro atoms. The van der Waals surface area contributed by atoms with Crippen molar-refractivity contribution in [2.45, 2.75) is 50.5 Å². The van der Waals surface area contributed by atoms with Crippen molar-refractivity contribution in [1.29, 1.82) is 0 Å². The number of alkyl halides is 1. The van der Waals surface area contributed by atoms with Crippen LogP contribution in [-0.2, 0) is 4.74 Å². The number of rotatable bonds is 5. The summed E-state index contributed by atoms with van der Waals surface area (Å²) in [7, 11) is 0. The summed E-state index contributed by atoms with van der Waals surface area (Å²) >= 11 is 3.74. The molecule has 0 heterocycles. The van der Waals surface area contributed by atoms with Gasteiger partial charge in [0.15, 0.2) is 0 Å². The third-order valence-corrected chi connectivity index (χ3v) is 3.82. The summed E-state index contributed by atoms with van der Waals surface area (Å²) in [4.78, 5) is 0.735. The zero-order valence-corrected chi connectivity index (χ0v) is 9.64. The summed E-state index contributed by atoms with van der Waals surface area (Å²) in [5, 5.41) is 0. The molecule has 1 saturated carbocycles. The van der Waals surface area contributed by atoms with E-state index in [0.717, 1.165) is 17.4 Å². The highest BCUT2D eigenvalue weighted by atomic mass is 79.9. The van der Waals surface area contributed by atoms with E-state index in [-0.39, 0.29) is 0 Å². The first-order chi connectivity index (χ1) is 5.77. The lowest BCUT2D eigenvalue weighted by atomic mass is 9.79. The molecule has 0 aliphatic heterocycles. The lowest BCUT2D eigenvalue weighted by molar-refractivity contribution is -0.0246. The summed E-state index contributed by atoms with van der Waals surface area (Å²) in [6.07, 6.45) is 5.69. The molecule has 0 saturated heterocycles. The molecule has 0 amide bonds. The van der Waals surface area contributed by atoms with Crippen molar-refractivity contribution in [3.8, 4) is 0 Å². The predicted molar refractivity (Wildman–Crippen MR) is 55.8 cm³/mol. The first kappa shape index (κ1) is 10.5. The lowest BCUT2D eigenvalue weighted by Gasteiger charge is -2.37. The summed E-state index contributed by atoms with van der Waals surface area (Å²) in [6.45, 7) is 5.19. The van der Waals surface area contributed by atoms with Gasteiger partial charge in [-0.2, -0.15) is 0 Å². The van der Waals surface area contributed by atoms with E-state index in [0.29, 0.717) is 6.10 Å². The van der Waals surface area contributed by atoms with Crippen molar-refractivity contribution in [1.82, 2.24) is 0 Å². The first-order valence-corrected chi connectivity index (χ1v) is 5.95. The molecule has 1 aliphatic rings. The average molecular weight is 235 g/mol. The Morgan fingerprint density at radius 2 is 2.08 bits per heavy atom. The Labute approximate surface area is 84.0 Å². The minimum Gasteiger partial charge on any atom is -0.378 e. The van der Waals surface area contributed by atoms with Crippen LogP contribution < -0.4 is 0 Å². The fourth-order valence-electron chi connectivity index (χ4n) is 1.78. The van der Waals surface area contributed by atoms with Crippen LogP contribution in [0.3, 0.4) is 0 Å². The second-order valence-corrected chi connectivity index (χ2v) is 4.79. The Bertz CT molecular complexity index is 121. The number of hydrogen-bond acceptors (Lipinski definition) is 1. The van der Waals surface area contributed by atoms with Gasteiger partial charge >= 0.3 is 0 Å². The van der Waals surface area contributed by atoms with E-state index in [9.17, 15) is 0 Å². The van der Waals surface area contributed by atoms with Crippen molar-refractivity contribution in [2.75, 3.05) is 6.61 Å². The van der Waals surface area contributed by atoms with Crippen molar-refractivity contribution in [3.63, 3.8) is 0 Å². The maximum Gasteiger partial charge on any atom is 0.0581 e. The van der Waals surface area contributed by atoms with Crippen LogP contribution in [0.25, 0.3) is 0 Å². The van der Waals surface area contributed by atoms with Crippen molar-refractivity contribution in [2.24, 2.45) is 5.92 Å². The van der Waals surface area contributed by atoms with E-state index in [1.165, 1.54) is 25.7 Å². The molecule has 2 heteroatoms. The molecule has 0 bridgehead atoms. The molecule has 1 aliphatic carbocycles. The van der Waals surface area contributed by atoms with Crippen LogP contribution in [0.1, 0.15) is 39.5 Å². The molecule has 1 atom stereocenters. The Kier molecular flexibility index (Phi) is 4.59. The highest BCUT2D eigenvalue weighted by Gasteiger charge is 2.33. The molecule has 1 fully saturated rings. The molecule has 0 N–H and O–H groups in total. The van der Waals surface area contributed by atoms with Gasteiger partial charge in [-0.15, -0.1) is 0 Å². The maximum atomic E-state index is 5.52. The van der Waals surface area contributed by atoms with Gasteiger partial charge in [-0.25, -0.2) is 0 Å². The van der Waals surface area contributed by atoms with Crippen LogP contribution in [0.5, 0.6) is 0 Å². The third-order valence-electron chi connectivity index (χ3n) is 2.61. The zero-order chi connectivity index (χ0) is 8.97. The fraction of sp³-hybridized carbons (Fsp3) is 1.00. The van der Waals surface area contributed by atoms with Gasteiger partial charge in [0.1, 0.15) is 0 Å². The monoisotopic (exact) mass is 234 g/mol. The van der Waals surface area contributed by atoms with E-state index >= 15 is 0 Å². The highest BCUT2D eigenvalue weighted by molar-refractivity contribution is 9.09. The van der Waals surface area contributed by atoms with Crippen LogP contribution in [0.2, 0.25) is 0 Å². The van der Waals surface area contributed by atoms with Gasteiger partial charge in [0.2, 0.25) is 0 Å². The lowest BCUT2D eigenvalue weighted by Crippen LogP contribution is -2.36. The van der Waals surface area contributed by atoms with Crippen LogP contribution >= 0.6 is 15.9 Å². The molecule has 0 radical (unpaired) electrons. The van der Waals surface area contributed by atoms with Crippen molar-refractivity contribution >= 4 is 15.9 Å². The van der Waals surface area contributed by atoms with Gasteiger partial charge in [-0.3, -0.25) is 0 Å². The summed E-state index contributed by atoms with van der Waals surface area (Å²) in [5.74, 6) is 0.876. The Morgan fingerprint density at radius 3 is 2.58 bits per heavy atom. The third kappa shape index (κ3) is 2.74. The van der Waals surface area contributed by atoms with Gasteiger partial charge < -0.3 is 4.74 Å². The Hall–Kier alpha value is 0.440. The van der Waals surface area contributed by atoms with Crippen LogP contribution in [-0.4, -0.2) is 17.5 Å². The number of ether oxygens (including phenoxy) is 1. The van der Waals surface area contributed by atoms with E-state index in [1.54, 1.807) is 0 Å². The van der Waals surface area contributed by atoms with Crippen molar-refractivity contribution < 1.29 is 4.74 Å². The SMILES string of the molecule is CCCC(Br)C1CC(OCC)C1. The van der Waals surface area contributed by atoms with E-state index in [2.05, 4.69) is 29.8 Å². The van der Waals surface area contributed by atoms with Gasteiger partial charge in [0, 0.05) is 11.4 Å². The summed E-state index contributed by atoms with van der Waals surface area (Å²) in [6, 6.07) is 0. The number of hydrogen-bond donors (Lipinski definition) is 0. The Balaban J connectivity index is 2.07. The molecule has 0 aromatic heterocycles. The molecule has 72 valence electrons. The molecule has 1 rings (SSSR count). The molecule has 12 heavy (non-hydrogen) atoms. The maximum absolute atomic E-state index is 5.52. The van der Waals surface area contributed by atoms with Gasteiger partial charge in [-0.1, -0.05) is 29.3 Å². The fourth-order valence-corrected chi connectivity index (χ4v) is 2.67. The average Bonchev–Trinajstić information content (AvgIpc) is 1.96. The normalized spacial score (nSPS) is 31.2. The molecule has 0 aromatic carbocycles. The zero-order valence-electron chi connectivity index (χ0n) is 8.05. The highest BCUT2D eigenvalue weighted by Crippen LogP contribution is 2.37. The van der Waals surface area contributed by atoms with E-state index in [1.807, 2.05) is 0 Å². The largest absolute Gasteiger partial charge is 0.378 e. The van der Waals surface area contributed by atoms with E-state index < -0.39 is 0 Å². The minimum absolute atomic E-state index is 0.567. The van der Waals surface area contributed by atoms with Gasteiger partial charge in [0.05, 0.1) is 6.10 Å². The quantitative estimate of drug-likeness (QED) is 0.664. The second-order valence-electron chi connectivity index (χ2n) is 3.61. The Morgan fingerprint density at radius 1 is 1.42 bits per heavy atom. The molecule has 1 unspecified atom stereocenters. The van der Waals surface area contributed by atoms with E-state index in [4.69, 9.17) is 4.74 Å². The second kappa shape index (κ2) is 5.23. The van der Waals surface area contributed by atoms with Crippen LogP contribution in [0.4, 0.5) is 0 Å². The summed E-state index contributed by atoms with van der Waals surface area (Å²) < 4.78 is 5.52. The van der Waals surface area contributed by atoms with Gasteiger partial charge in [-0.05, 0) is 32.1 Å². The summed E-state index contributed by atoms with van der Waals surface area (Å²) in [5.41, 5.74) is 0. The molecule has 0 aromatic rings. The molecule has 1 nitrogen and oxygen atoms in total. The minimum atomic E-state index is 0.567. The molecular formula is C10H19BrO. The topological polar surface area (TPSA) is 9.23 Å². The van der Waals surface area contributed by atoms with Crippen LogP contribution in [0, 0.1) is 5.92 Å². The molecular weight excluding hydrogens is 216 g/mol.